The van der Waals surface area contributed by atoms with E-state index in [9.17, 15) is 9.59 Å². The lowest BCUT2D eigenvalue weighted by Gasteiger charge is -2.31. The van der Waals surface area contributed by atoms with E-state index in [0.717, 1.165) is 12.0 Å². The molecule has 4 nitrogen and oxygen atoms in total. The molecule has 0 radical (unpaired) electrons. The minimum Gasteiger partial charge on any atom is -0.354 e. The Kier molecular flexibility index (Phi) is 5.40. The monoisotopic (exact) mass is 350 g/mol. The van der Waals surface area contributed by atoms with E-state index in [1.807, 2.05) is 51.1 Å². The van der Waals surface area contributed by atoms with Crippen LogP contribution in [0.4, 0.5) is 0 Å². The lowest BCUT2D eigenvalue weighted by molar-refractivity contribution is -0.124. The van der Waals surface area contributed by atoms with Crippen molar-refractivity contribution >= 4 is 11.8 Å². The SMILES string of the molecule is Cc1ccccc1C(=O)N[C@@H](C(=O)NC[C@@H]1Cc2ccccc21)C(C)C. The summed E-state index contributed by atoms with van der Waals surface area (Å²) < 4.78 is 0. The van der Waals surface area contributed by atoms with Gasteiger partial charge in [0.2, 0.25) is 5.91 Å². The molecule has 0 bridgehead atoms. The number of benzene rings is 2. The average molecular weight is 350 g/mol. The summed E-state index contributed by atoms with van der Waals surface area (Å²) >= 11 is 0. The molecule has 0 spiro atoms. The first kappa shape index (κ1) is 18.2. The van der Waals surface area contributed by atoms with E-state index in [-0.39, 0.29) is 17.7 Å². The summed E-state index contributed by atoms with van der Waals surface area (Å²) in [6.07, 6.45) is 0.998. The van der Waals surface area contributed by atoms with Gasteiger partial charge in [0.05, 0.1) is 0 Å². The Morgan fingerprint density at radius 3 is 2.46 bits per heavy atom. The summed E-state index contributed by atoms with van der Waals surface area (Å²) in [4.78, 5) is 25.2. The number of rotatable bonds is 6. The van der Waals surface area contributed by atoms with Crippen LogP contribution in [0, 0.1) is 12.8 Å². The molecule has 0 saturated heterocycles. The number of hydrogen-bond acceptors (Lipinski definition) is 2. The highest BCUT2D eigenvalue weighted by atomic mass is 16.2. The van der Waals surface area contributed by atoms with Crippen LogP contribution in [0.15, 0.2) is 48.5 Å². The largest absolute Gasteiger partial charge is 0.354 e. The van der Waals surface area contributed by atoms with E-state index in [4.69, 9.17) is 0 Å². The second-order valence-electron chi connectivity index (χ2n) is 7.36. The number of nitrogens with one attached hydrogen (secondary N) is 2. The van der Waals surface area contributed by atoms with Crippen LogP contribution < -0.4 is 10.6 Å². The molecule has 2 aromatic carbocycles. The molecule has 1 aliphatic carbocycles. The molecule has 2 amide bonds. The smallest absolute Gasteiger partial charge is 0.252 e. The number of carbonyl (C=O) groups excluding carboxylic acids is 2. The van der Waals surface area contributed by atoms with Gasteiger partial charge in [-0.15, -0.1) is 0 Å². The average Bonchev–Trinajstić information content (AvgIpc) is 2.60. The first-order valence-electron chi connectivity index (χ1n) is 9.19. The molecule has 136 valence electrons. The lowest BCUT2D eigenvalue weighted by atomic mass is 9.77. The van der Waals surface area contributed by atoms with Crippen molar-refractivity contribution in [2.75, 3.05) is 6.54 Å². The molecule has 0 saturated carbocycles. The molecule has 1 aliphatic rings. The van der Waals surface area contributed by atoms with Crippen LogP contribution in [-0.4, -0.2) is 24.4 Å². The van der Waals surface area contributed by atoms with Crippen molar-refractivity contribution in [2.45, 2.75) is 39.2 Å². The summed E-state index contributed by atoms with van der Waals surface area (Å²) in [5, 5.41) is 5.93. The van der Waals surface area contributed by atoms with Gasteiger partial charge in [0.25, 0.3) is 5.91 Å². The van der Waals surface area contributed by atoms with E-state index in [0.29, 0.717) is 18.0 Å². The van der Waals surface area contributed by atoms with E-state index < -0.39 is 6.04 Å². The predicted octanol–water partition coefficient (Wildman–Crippen LogP) is 3.21. The van der Waals surface area contributed by atoms with Gasteiger partial charge in [-0.3, -0.25) is 9.59 Å². The highest BCUT2D eigenvalue weighted by Gasteiger charge is 2.29. The molecule has 4 heteroatoms. The predicted molar refractivity (Wildman–Crippen MR) is 103 cm³/mol. The van der Waals surface area contributed by atoms with Crippen LogP contribution in [0.5, 0.6) is 0 Å². The molecular weight excluding hydrogens is 324 g/mol. The van der Waals surface area contributed by atoms with Crippen molar-refractivity contribution < 1.29 is 9.59 Å². The van der Waals surface area contributed by atoms with Gasteiger partial charge in [0.15, 0.2) is 0 Å². The molecule has 0 aliphatic heterocycles. The first-order valence-corrected chi connectivity index (χ1v) is 9.19. The summed E-state index contributed by atoms with van der Waals surface area (Å²) in [7, 11) is 0. The van der Waals surface area contributed by atoms with E-state index in [1.54, 1.807) is 6.07 Å². The van der Waals surface area contributed by atoms with Crippen LogP contribution in [0.2, 0.25) is 0 Å². The van der Waals surface area contributed by atoms with E-state index in [1.165, 1.54) is 11.1 Å². The zero-order valence-corrected chi connectivity index (χ0v) is 15.6. The van der Waals surface area contributed by atoms with E-state index >= 15 is 0 Å². The van der Waals surface area contributed by atoms with Crippen molar-refractivity contribution in [1.29, 1.82) is 0 Å². The van der Waals surface area contributed by atoms with Crippen LogP contribution in [0.25, 0.3) is 0 Å². The maximum atomic E-state index is 12.7. The third kappa shape index (κ3) is 3.79. The maximum Gasteiger partial charge on any atom is 0.252 e. The molecule has 2 atom stereocenters. The number of aryl methyl sites for hydroxylation is 1. The van der Waals surface area contributed by atoms with Gasteiger partial charge in [-0.25, -0.2) is 0 Å². The molecule has 3 rings (SSSR count). The van der Waals surface area contributed by atoms with Gasteiger partial charge in [-0.1, -0.05) is 56.3 Å². The summed E-state index contributed by atoms with van der Waals surface area (Å²) in [6.45, 7) is 6.40. The van der Waals surface area contributed by atoms with Gasteiger partial charge in [-0.2, -0.15) is 0 Å². The third-order valence-corrected chi connectivity index (χ3v) is 5.11. The zero-order chi connectivity index (χ0) is 18.7. The number of amides is 2. The zero-order valence-electron chi connectivity index (χ0n) is 15.6. The lowest BCUT2D eigenvalue weighted by Crippen LogP contribution is -2.50. The van der Waals surface area contributed by atoms with Crippen molar-refractivity contribution in [3.63, 3.8) is 0 Å². The Balaban J connectivity index is 1.60. The third-order valence-electron chi connectivity index (χ3n) is 5.11. The molecule has 0 fully saturated rings. The molecule has 0 aromatic heterocycles. The number of carbonyl (C=O) groups is 2. The highest BCUT2D eigenvalue weighted by molar-refractivity contribution is 5.98. The summed E-state index contributed by atoms with van der Waals surface area (Å²) in [5.74, 6) is 0.0592. The van der Waals surface area contributed by atoms with Crippen LogP contribution in [-0.2, 0) is 11.2 Å². The molecule has 2 N–H and O–H groups in total. The molecule has 26 heavy (non-hydrogen) atoms. The summed E-state index contributed by atoms with van der Waals surface area (Å²) in [5.41, 5.74) is 4.19. The molecular formula is C22H26N2O2. The van der Waals surface area contributed by atoms with Crippen LogP contribution in [0.3, 0.4) is 0 Å². The minimum absolute atomic E-state index is 0.0108. The Hall–Kier alpha value is -2.62. The summed E-state index contributed by atoms with van der Waals surface area (Å²) in [6, 6.07) is 15.2. The van der Waals surface area contributed by atoms with Gasteiger partial charge in [0.1, 0.15) is 6.04 Å². The topological polar surface area (TPSA) is 58.2 Å². The van der Waals surface area contributed by atoms with Crippen molar-refractivity contribution in [1.82, 2.24) is 10.6 Å². The fraction of sp³-hybridized carbons (Fsp3) is 0.364. The van der Waals surface area contributed by atoms with Gasteiger partial charge in [-0.05, 0) is 42.0 Å². The highest BCUT2D eigenvalue weighted by Crippen LogP contribution is 2.34. The number of fused-ring (bicyclic) bond motifs is 1. The van der Waals surface area contributed by atoms with Crippen LogP contribution >= 0.6 is 0 Å². The molecule has 0 heterocycles. The fourth-order valence-electron chi connectivity index (χ4n) is 3.46. The van der Waals surface area contributed by atoms with Gasteiger partial charge < -0.3 is 10.6 Å². The van der Waals surface area contributed by atoms with Gasteiger partial charge >= 0.3 is 0 Å². The minimum atomic E-state index is -0.544. The maximum absolute atomic E-state index is 12.7. The van der Waals surface area contributed by atoms with Crippen molar-refractivity contribution in [2.24, 2.45) is 5.92 Å². The Labute approximate surface area is 155 Å². The van der Waals surface area contributed by atoms with E-state index in [2.05, 4.69) is 22.8 Å². The first-order chi connectivity index (χ1) is 12.5. The van der Waals surface area contributed by atoms with Crippen molar-refractivity contribution in [3.8, 4) is 0 Å². The van der Waals surface area contributed by atoms with Crippen LogP contribution in [0.1, 0.15) is 46.8 Å². The normalized spacial score (nSPS) is 16.4. The number of hydrogen-bond donors (Lipinski definition) is 2. The Bertz CT molecular complexity index is 813. The molecule has 0 unspecified atom stereocenters. The second kappa shape index (κ2) is 7.73. The Morgan fingerprint density at radius 1 is 1.08 bits per heavy atom. The molecule has 2 aromatic rings. The van der Waals surface area contributed by atoms with Crippen molar-refractivity contribution in [3.05, 3.63) is 70.8 Å². The standard InChI is InChI=1S/C22H26N2O2/c1-14(2)20(24-21(25)18-10-6-4-8-15(18)3)22(26)23-13-17-12-16-9-5-7-11-19(16)17/h4-11,14,17,20H,12-13H2,1-3H3,(H,23,26)(H,24,25)/t17-,20+/m0/s1. The van der Waals surface area contributed by atoms with Gasteiger partial charge in [0, 0.05) is 18.0 Å². The fourth-order valence-corrected chi connectivity index (χ4v) is 3.46. The quantitative estimate of drug-likeness (QED) is 0.840. The Morgan fingerprint density at radius 2 is 1.77 bits per heavy atom. The second-order valence-corrected chi connectivity index (χ2v) is 7.36.